The number of anilines is 1. The molecule has 9 nitrogen and oxygen atoms in total. The van der Waals surface area contributed by atoms with Crippen molar-refractivity contribution in [3.63, 3.8) is 0 Å². The molecule has 1 heterocycles. The minimum atomic E-state index is -4.08. The molecule has 2 aromatic rings. The predicted molar refractivity (Wildman–Crippen MR) is 123 cm³/mol. The summed E-state index contributed by atoms with van der Waals surface area (Å²) < 4.78 is 27.7. The van der Waals surface area contributed by atoms with Crippen LogP contribution in [0.15, 0.2) is 29.3 Å². The van der Waals surface area contributed by atoms with Crippen molar-refractivity contribution in [2.24, 2.45) is 11.7 Å². The third-order valence-corrected chi connectivity index (χ3v) is 7.31. The Morgan fingerprint density at radius 3 is 2.58 bits per heavy atom. The van der Waals surface area contributed by atoms with Crippen LogP contribution in [0.2, 0.25) is 5.02 Å². The number of nitrogens with one attached hydrogen (secondary N) is 2. The topological polar surface area (TPSA) is 149 Å². The summed E-state index contributed by atoms with van der Waals surface area (Å²) in [6, 6.07) is 4.32. The molecular weight excluding hydrogens is 465 g/mol. The zero-order chi connectivity index (χ0) is 21.9. The lowest BCUT2D eigenvalue weighted by Gasteiger charge is -2.28. The van der Waals surface area contributed by atoms with Crippen molar-refractivity contribution in [3.8, 4) is 0 Å². The summed E-state index contributed by atoms with van der Waals surface area (Å²) >= 11 is 6.18. The number of aliphatic carboxylic acids is 1. The highest BCUT2D eigenvalue weighted by Crippen LogP contribution is 2.32. The number of rotatable bonds is 7. The van der Waals surface area contributed by atoms with Crippen molar-refractivity contribution in [2.45, 2.75) is 37.0 Å². The van der Waals surface area contributed by atoms with Gasteiger partial charge in [0.2, 0.25) is 10.0 Å². The van der Waals surface area contributed by atoms with Crippen LogP contribution in [0.3, 0.4) is 0 Å². The normalized spacial score (nSPS) is 14.9. The number of pyridine rings is 1. The summed E-state index contributed by atoms with van der Waals surface area (Å²) in [5.41, 5.74) is 5.39. The number of carboxylic acids is 1. The first-order chi connectivity index (χ1) is 14.2. The standard InChI is InChI=1S/C19H24ClN5O4S.ClH/c20-16-9-23-18(24-19(21)22)15-8-13(6-7-14(15)16)30(28,29)25(11-17(26)27)10-12-4-2-1-3-5-12;/h6-9,12H,1-5,10-11H2,(H,26,27)(H4,21,22,23,24);1H. The maximum absolute atomic E-state index is 13.3. The van der Waals surface area contributed by atoms with E-state index in [9.17, 15) is 18.3 Å². The summed E-state index contributed by atoms with van der Waals surface area (Å²) in [5, 5.41) is 20.5. The van der Waals surface area contributed by atoms with Crippen LogP contribution in [0.25, 0.3) is 10.8 Å². The second-order valence-corrected chi connectivity index (χ2v) is 9.74. The Hall–Kier alpha value is -2.14. The van der Waals surface area contributed by atoms with Crippen LogP contribution in [-0.4, -0.2) is 47.8 Å². The number of sulfonamides is 1. The zero-order valence-corrected chi connectivity index (χ0v) is 19.1. The number of halogens is 2. The molecule has 31 heavy (non-hydrogen) atoms. The van der Waals surface area contributed by atoms with E-state index < -0.39 is 22.5 Å². The molecule has 0 saturated heterocycles. The van der Waals surface area contributed by atoms with Crippen LogP contribution in [0.1, 0.15) is 32.1 Å². The summed E-state index contributed by atoms with van der Waals surface area (Å²) in [7, 11) is -4.08. The fraction of sp³-hybridized carbons (Fsp3) is 0.421. The molecule has 170 valence electrons. The van der Waals surface area contributed by atoms with Gasteiger partial charge in [-0.25, -0.2) is 13.4 Å². The zero-order valence-electron chi connectivity index (χ0n) is 16.7. The number of fused-ring (bicyclic) bond motifs is 1. The smallest absolute Gasteiger partial charge is 0.318 e. The third kappa shape index (κ3) is 5.97. The first-order valence-electron chi connectivity index (χ1n) is 9.59. The van der Waals surface area contributed by atoms with Crippen molar-refractivity contribution < 1.29 is 18.3 Å². The Balaban J connectivity index is 0.00000341. The Morgan fingerprint density at radius 1 is 1.29 bits per heavy atom. The Labute approximate surface area is 191 Å². The summed E-state index contributed by atoms with van der Waals surface area (Å²) in [6.45, 7) is -0.442. The minimum Gasteiger partial charge on any atom is -0.480 e. The molecule has 12 heteroatoms. The monoisotopic (exact) mass is 489 g/mol. The van der Waals surface area contributed by atoms with Gasteiger partial charge in [0, 0.05) is 23.5 Å². The van der Waals surface area contributed by atoms with Gasteiger partial charge in [-0.2, -0.15) is 4.31 Å². The molecule has 1 fully saturated rings. The van der Waals surface area contributed by atoms with Gasteiger partial charge >= 0.3 is 5.97 Å². The molecule has 5 N–H and O–H groups in total. The molecule has 1 aromatic heterocycles. The maximum Gasteiger partial charge on any atom is 0.318 e. The second-order valence-electron chi connectivity index (χ2n) is 7.40. The van der Waals surface area contributed by atoms with Crippen LogP contribution in [-0.2, 0) is 14.8 Å². The number of nitrogens with zero attached hydrogens (tertiary/aromatic N) is 2. The fourth-order valence-electron chi connectivity index (χ4n) is 3.78. The van der Waals surface area contributed by atoms with E-state index in [1.807, 2.05) is 0 Å². The molecule has 1 aromatic carbocycles. The summed E-state index contributed by atoms with van der Waals surface area (Å²) in [5.74, 6) is -1.24. The molecule has 3 rings (SSSR count). The molecule has 1 aliphatic rings. The van der Waals surface area contributed by atoms with Gasteiger partial charge in [0.15, 0.2) is 5.96 Å². The fourth-order valence-corrected chi connectivity index (χ4v) is 5.49. The van der Waals surface area contributed by atoms with Gasteiger partial charge in [0.1, 0.15) is 12.4 Å². The lowest BCUT2D eigenvalue weighted by molar-refractivity contribution is -0.137. The van der Waals surface area contributed by atoms with Gasteiger partial charge in [0.25, 0.3) is 0 Å². The first kappa shape index (κ1) is 25.1. The van der Waals surface area contributed by atoms with Crippen molar-refractivity contribution in [1.82, 2.24) is 9.29 Å². The van der Waals surface area contributed by atoms with E-state index in [0.29, 0.717) is 15.8 Å². The number of nitrogens with two attached hydrogens (primary N) is 1. The highest BCUT2D eigenvalue weighted by Gasteiger charge is 2.30. The van der Waals surface area contributed by atoms with Gasteiger partial charge < -0.3 is 16.2 Å². The van der Waals surface area contributed by atoms with Crippen molar-refractivity contribution in [2.75, 3.05) is 18.4 Å². The average molecular weight is 490 g/mol. The number of guanidine groups is 1. The van der Waals surface area contributed by atoms with Gasteiger partial charge in [-0.1, -0.05) is 36.9 Å². The number of carbonyl (C=O) groups is 1. The van der Waals surface area contributed by atoms with Gasteiger partial charge in [-0.15, -0.1) is 12.4 Å². The molecule has 0 spiro atoms. The van der Waals surface area contributed by atoms with Gasteiger partial charge in [0.05, 0.1) is 9.92 Å². The third-order valence-electron chi connectivity index (χ3n) is 5.20. The van der Waals surface area contributed by atoms with E-state index in [1.165, 1.54) is 24.4 Å². The molecule has 1 aliphatic carbocycles. The number of benzene rings is 1. The number of aromatic nitrogens is 1. The Kier molecular flexibility index (Phi) is 8.47. The highest BCUT2D eigenvalue weighted by molar-refractivity contribution is 7.89. The lowest BCUT2D eigenvalue weighted by Crippen LogP contribution is -2.39. The molecule has 1 saturated carbocycles. The van der Waals surface area contributed by atoms with Gasteiger partial charge in [-0.05, 0) is 30.9 Å². The molecule has 0 atom stereocenters. The maximum atomic E-state index is 13.3. The predicted octanol–water partition coefficient (Wildman–Crippen LogP) is 3.27. The van der Waals surface area contributed by atoms with E-state index in [2.05, 4.69) is 10.3 Å². The average Bonchev–Trinajstić information content (AvgIpc) is 2.69. The van der Waals surface area contributed by atoms with Crippen molar-refractivity contribution in [1.29, 1.82) is 5.41 Å². The highest BCUT2D eigenvalue weighted by atomic mass is 35.5. The molecule has 0 unspecified atom stereocenters. The van der Waals surface area contributed by atoms with Crippen LogP contribution in [0.5, 0.6) is 0 Å². The minimum absolute atomic E-state index is 0. The van der Waals surface area contributed by atoms with E-state index in [-0.39, 0.29) is 41.5 Å². The Bertz CT molecular complexity index is 1070. The van der Waals surface area contributed by atoms with E-state index >= 15 is 0 Å². The Morgan fingerprint density at radius 2 is 1.97 bits per heavy atom. The van der Waals surface area contributed by atoms with E-state index in [4.69, 9.17) is 22.7 Å². The lowest BCUT2D eigenvalue weighted by atomic mass is 9.89. The molecule has 0 amide bonds. The van der Waals surface area contributed by atoms with Crippen LogP contribution >= 0.6 is 24.0 Å². The SMILES string of the molecule is Cl.N=C(N)Nc1ncc(Cl)c2ccc(S(=O)(=O)N(CC(=O)O)CC3CCCCC3)cc12. The quantitative estimate of drug-likeness (QED) is 0.344. The number of carboxylic acid groups (broad SMARTS) is 1. The summed E-state index contributed by atoms with van der Waals surface area (Å²) in [4.78, 5) is 15.4. The van der Waals surface area contributed by atoms with E-state index in [0.717, 1.165) is 36.4 Å². The van der Waals surface area contributed by atoms with Crippen LogP contribution < -0.4 is 11.1 Å². The van der Waals surface area contributed by atoms with Crippen LogP contribution in [0, 0.1) is 11.3 Å². The molecule has 0 bridgehead atoms. The summed E-state index contributed by atoms with van der Waals surface area (Å²) in [6.07, 6.45) is 6.30. The van der Waals surface area contributed by atoms with E-state index in [1.54, 1.807) is 0 Å². The second kappa shape index (κ2) is 10.4. The largest absolute Gasteiger partial charge is 0.480 e. The van der Waals surface area contributed by atoms with Crippen LogP contribution in [0.4, 0.5) is 5.82 Å². The van der Waals surface area contributed by atoms with Crippen molar-refractivity contribution in [3.05, 3.63) is 29.4 Å². The van der Waals surface area contributed by atoms with Crippen molar-refractivity contribution >= 4 is 62.6 Å². The van der Waals surface area contributed by atoms with Gasteiger partial charge in [-0.3, -0.25) is 10.2 Å². The number of hydrogen-bond donors (Lipinski definition) is 4. The molecular formula is C19H25Cl2N5O4S. The first-order valence-corrected chi connectivity index (χ1v) is 11.4. The number of hydrogen-bond acceptors (Lipinski definition) is 5. The molecule has 0 aliphatic heterocycles. The molecule has 0 radical (unpaired) electrons.